The SMILES string of the molecule is Cc1c(Cl)cccc1NS(=O)(=O)c1ccc(OCC(N)=O)cc1. The molecule has 0 heterocycles. The predicted octanol–water partition coefficient (Wildman–Crippen LogP) is 2.31. The Labute approximate surface area is 139 Å². The number of anilines is 1. The molecule has 0 aliphatic heterocycles. The highest BCUT2D eigenvalue weighted by molar-refractivity contribution is 7.92. The van der Waals surface area contributed by atoms with Gasteiger partial charge in [-0.3, -0.25) is 9.52 Å². The van der Waals surface area contributed by atoms with Gasteiger partial charge in [-0.05, 0) is 48.9 Å². The van der Waals surface area contributed by atoms with Crippen LogP contribution in [0.3, 0.4) is 0 Å². The van der Waals surface area contributed by atoms with Crippen LogP contribution in [-0.2, 0) is 14.8 Å². The Balaban J connectivity index is 2.19. The van der Waals surface area contributed by atoms with Gasteiger partial charge in [-0.15, -0.1) is 0 Å². The van der Waals surface area contributed by atoms with E-state index in [-0.39, 0.29) is 11.5 Å². The standard InChI is InChI=1S/C15H15ClN2O4S/c1-10-13(16)3-2-4-14(10)18-23(20,21)12-7-5-11(6-8-12)22-9-15(17)19/h2-8,18H,9H2,1H3,(H2,17,19). The molecule has 2 aromatic rings. The Morgan fingerprint density at radius 2 is 1.87 bits per heavy atom. The number of nitrogens with two attached hydrogens (primary N) is 1. The number of benzene rings is 2. The van der Waals surface area contributed by atoms with Crippen molar-refractivity contribution in [2.24, 2.45) is 5.73 Å². The molecule has 122 valence electrons. The number of nitrogens with one attached hydrogen (secondary N) is 1. The Bertz CT molecular complexity index is 820. The third-order valence-electron chi connectivity index (χ3n) is 3.03. The van der Waals surface area contributed by atoms with Crippen molar-refractivity contribution in [3.63, 3.8) is 0 Å². The zero-order valence-corrected chi connectivity index (χ0v) is 13.8. The molecule has 3 N–H and O–H groups in total. The van der Waals surface area contributed by atoms with E-state index >= 15 is 0 Å². The molecule has 0 radical (unpaired) electrons. The molecular weight excluding hydrogens is 340 g/mol. The number of carbonyl (C=O) groups is 1. The second-order valence-electron chi connectivity index (χ2n) is 4.74. The van der Waals surface area contributed by atoms with Crippen LogP contribution in [0.4, 0.5) is 5.69 Å². The van der Waals surface area contributed by atoms with Crippen LogP contribution in [0.25, 0.3) is 0 Å². The lowest BCUT2D eigenvalue weighted by Gasteiger charge is -2.12. The van der Waals surface area contributed by atoms with Crippen LogP contribution in [0.15, 0.2) is 47.4 Å². The second kappa shape index (κ2) is 6.89. The van der Waals surface area contributed by atoms with Crippen LogP contribution in [-0.4, -0.2) is 20.9 Å². The first kappa shape index (κ1) is 17.1. The molecule has 0 bridgehead atoms. The molecule has 23 heavy (non-hydrogen) atoms. The normalized spacial score (nSPS) is 11.0. The summed E-state index contributed by atoms with van der Waals surface area (Å²) in [4.78, 5) is 10.7. The molecule has 0 aromatic heterocycles. The minimum atomic E-state index is -3.76. The summed E-state index contributed by atoms with van der Waals surface area (Å²) in [7, 11) is -3.76. The highest BCUT2D eigenvalue weighted by Gasteiger charge is 2.16. The van der Waals surface area contributed by atoms with E-state index in [2.05, 4.69) is 4.72 Å². The number of hydrogen-bond acceptors (Lipinski definition) is 4. The smallest absolute Gasteiger partial charge is 0.261 e. The molecule has 0 spiro atoms. The van der Waals surface area contributed by atoms with Gasteiger partial charge in [0.1, 0.15) is 5.75 Å². The van der Waals surface area contributed by atoms with E-state index in [1.54, 1.807) is 25.1 Å². The van der Waals surface area contributed by atoms with Gasteiger partial charge in [0, 0.05) is 5.02 Å². The Morgan fingerprint density at radius 3 is 2.48 bits per heavy atom. The summed E-state index contributed by atoms with van der Waals surface area (Å²) in [6, 6.07) is 10.6. The van der Waals surface area contributed by atoms with Crippen molar-refractivity contribution in [2.75, 3.05) is 11.3 Å². The van der Waals surface area contributed by atoms with Gasteiger partial charge in [0.2, 0.25) is 0 Å². The molecule has 0 aliphatic carbocycles. The summed E-state index contributed by atoms with van der Waals surface area (Å²) >= 11 is 5.98. The quantitative estimate of drug-likeness (QED) is 0.831. The third kappa shape index (κ3) is 4.37. The topological polar surface area (TPSA) is 98.5 Å². The fourth-order valence-corrected chi connectivity index (χ4v) is 3.09. The maximum absolute atomic E-state index is 12.4. The molecule has 0 saturated carbocycles. The zero-order chi connectivity index (χ0) is 17.0. The van der Waals surface area contributed by atoms with E-state index in [0.29, 0.717) is 22.0 Å². The number of halogens is 1. The van der Waals surface area contributed by atoms with Crippen molar-refractivity contribution in [3.8, 4) is 5.75 Å². The highest BCUT2D eigenvalue weighted by atomic mass is 35.5. The Kier molecular flexibility index (Phi) is 5.12. The van der Waals surface area contributed by atoms with Crippen molar-refractivity contribution in [1.29, 1.82) is 0 Å². The Hall–Kier alpha value is -2.25. The summed E-state index contributed by atoms with van der Waals surface area (Å²) in [5.41, 5.74) is 6.02. The molecule has 0 unspecified atom stereocenters. The molecule has 0 aliphatic rings. The van der Waals surface area contributed by atoms with Gasteiger partial charge >= 0.3 is 0 Å². The van der Waals surface area contributed by atoms with Gasteiger partial charge in [0.05, 0.1) is 10.6 Å². The first-order chi connectivity index (χ1) is 10.8. The van der Waals surface area contributed by atoms with Crippen molar-refractivity contribution < 1.29 is 17.9 Å². The van der Waals surface area contributed by atoms with Gasteiger partial charge in [0.15, 0.2) is 6.61 Å². The number of rotatable bonds is 6. The monoisotopic (exact) mass is 354 g/mol. The second-order valence-corrected chi connectivity index (χ2v) is 6.83. The van der Waals surface area contributed by atoms with Crippen LogP contribution < -0.4 is 15.2 Å². The number of primary amides is 1. The lowest BCUT2D eigenvalue weighted by atomic mass is 10.2. The average molecular weight is 355 g/mol. The maximum atomic E-state index is 12.4. The molecule has 0 atom stereocenters. The van der Waals surface area contributed by atoms with E-state index in [4.69, 9.17) is 22.1 Å². The molecule has 0 saturated heterocycles. The lowest BCUT2D eigenvalue weighted by Crippen LogP contribution is -2.20. The van der Waals surface area contributed by atoms with Crippen molar-refractivity contribution >= 4 is 33.2 Å². The summed E-state index contributed by atoms with van der Waals surface area (Å²) < 4.78 is 32.3. The van der Waals surface area contributed by atoms with Gasteiger partial charge in [0.25, 0.3) is 15.9 Å². The minimum absolute atomic E-state index is 0.0586. The van der Waals surface area contributed by atoms with Crippen LogP contribution in [0.1, 0.15) is 5.56 Å². The van der Waals surface area contributed by atoms with E-state index < -0.39 is 15.9 Å². The predicted molar refractivity (Wildman–Crippen MR) is 88.1 cm³/mol. The summed E-state index contributed by atoms with van der Waals surface area (Å²) in [6.45, 7) is 1.45. The molecule has 2 aromatic carbocycles. The molecule has 8 heteroatoms. The Morgan fingerprint density at radius 1 is 1.22 bits per heavy atom. The van der Waals surface area contributed by atoms with Crippen LogP contribution in [0.2, 0.25) is 5.02 Å². The lowest BCUT2D eigenvalue weighted by molar-refractivity contribution is -0.119. The number of hydrogen-bond donors (Lipinski definition) is 2. The molecule has 2 rings (SSSR count). The highest BCUT2D eigenvalue weighted by Crippen LogP contribution is 2.26. The molecule has 1 amide bonds. The van der Waals surface area contributed by atoms with Gasteiger partial charge < -0.3 is 10.5 Å². The van der Waals surface area contributed by atoms with Crippen molar-refractivity contribution in [3.05, 3.63) is 53.1 Å². The van der Waals surface area contributed by atoms with Crippen LogP contribution in [0.5, 0.6) is 5.75 Å². The fourth-order valence-electron chi connectivity index (χ4n) is 1.79. The van der Waals surface area contributed by atoms with Crippen molar-refractivity contribution in [1.82, 2.24) is 0 Å². The van der Waals surface area contributed by atoms with E-state index in [0.717, 1.165) is 0 Å². The van der Waals surface area contributed by atoms with E-state index in [9.17, 15) is 13.2 Å². The summed E-state index contributed by atoms with van der Waals surface area (Å²) in [5, 5.41) is 0.473. The van der Waals surface area contributed by atoms with Crippen molar-refractivity contribution in [2.45, 2.75) is 11.8 Å². The molecule has 6 nitrogen and oxygen atoms in total. The number of carbonyl (C=O) groups excluding carboxylic acids is 1. The van der Waals surface area contributed by atoms with Gasteiger partial charge in [-0.1, -0.05) is 17.7 Å². The van der Waals surface area contributed by atoms with Crippen LogP contribution >= 0.6 is 11.6 Å². The zero-order valence-electron chi connectivity index (χ0n) is 12.2. The first-order valence-electron chi connectivity index (χ1n) is 6.59. The molecule has 0 fully saturated rings. The fraction of sp³-hybridized carbons (Fsp3) is 0.133. The van der Waals surface area contributed by atoms with Gasteiger partial charge in [-0.2, -0.15) is 0 Å². The van der Waals surface area contributed by atoms with Crippen LogP contribution in [0, 0.1) is 6.92 Å². The summed E-state index contributed by atoms with van der Waals surface area (Å²) in [5.74, 6) is -0.263. The third-order valence-corrected chi connectivity index (χ3v) is 4.82. The average Bonchev–Trinajstić information content (AvgIpc) is 2.50. The number of amides is 1. The maximum Gasteiger partial charge on any atom is 0.261 e. The molecular formula is C15H15ClN2O4S. The minimum Gasteiger partial charge on any atom is -0.484 e. The number of sulfonamides is 1. The first-order valence-corrected chi connectivity index (χ1v) is 8.45. The van der Waals surface area contributed by atoms with E-state index in [1.165, 1.54) is 24.3 Å². The largest absolute Gasteiger partial charge is 0.484 e. The van der Waals surface area contributed by atoms with E-state index in [1.807, 2.05) is 0 Å². The number of ether oxygens (including phenoxy) is 1. The van der Waals surface area contributed by atoms with Gasteiger partial charge in [-0.25, -0.2) is 8.42 Å². The summed E-state index contributed by atoms with van der Waals surface area (Å²) in [6.07, 6.45) is 0.